The van der Waals surface area contributed by atoms with Gasteiger partial charge in [0.2, 0.25) is 5.95 Å². The number of aromatic nitrogens is 4. The van der Waals surface area contributed by atoms with E-state index < -0.39 is 10.0 Å². The fourth-order valence-corrected chi connectivity index (χ4v) is 5.44. The van der Waals surface area contributed by atoms with Crippen molar-refractivity contribution in [2.24, 2.45) is 0 Å². The molecule has 9 nitrogen and oxygen atoms in total. The second-order valence-corrected chi connectivity index (χ2v) is 9.53. The number of nitrogens with two attached hydrogens (primary N) is 1. The molecule has 1 atom stereocenters. The molecule has 4 aromatic rings. The maximum Gasteiger partial charge on any atom is 0.264 e. The number of anilines is 3. The molecule has 3 heterocycles. The second kappa shape index (κ2) is 7.40. The molecule has 2 aromatic carbocycles. The van der Waals surface area contributed by atoms with Crippen LogP contribution in [0.25, 0.3) is 11.0 Å². The Balaban J connectivity index is 1.53. The third-order valence-corrected chi connectivity index (χ3v) is 7.23. The normalized spacial score (nSPS) is 16.3. The van der Waals surface area contributed by atoms with Gasteiger partial charge in [-0.3, -0.25) is 9.40 Å². The molecule has 5 rings (SSSR count). The van der Waals surface area contributed by atoms with Crippen LogP contribution in [-0.4, -0.2) is 41.2 Å². The van der Waals surface area contributed by atoms with E-state index in [0.717, 1.165) is 5.56 Å². The van der Waals surface area contributed by atoms with Crippen molar-refractivity contribution in [2.45, 2.75) is 17.4 Å². The smallest absolute Gasteiger partial charge is 0.264 e. The van der Waals surface area contributed by atoms with Gasteiger partial charge in [-0.2, -0.15) is 15.1 Å². The summed E-state index contributed by atoms with van der Waals surface area (Å²) in [6.07, 6.45) is 2.22. The lowest BCUT2D eigenvalue weighted by Crippen LogP contribution is -2.45. The molecule has 0 saturated carbocycles. The van der Waals surface area contributed by atoms with Crippen molar-refractivity contribution in [3.8, 4) is 0 Å². The summed E-state index contributed by atoms with van der Waals surface area (Å²) in [6, 6.07) is 13.4. The number of hydrogen-bond acceptors (Lipinski definition) is 7. The third-order valence-electron chi connectivity index (χ3n) is 5.18. The average Bonchev–Trinajstić information content (AvgIpc) is 3.22. The Bertz CT molecular complexity index is 1370. The molecule has 158 valence electrons. The van der Waals surface area contributed by atoms with Crippen molar-refractivity contribution in [2.75, 3.05) is 21.9 Å². The van der Waals surface area contributed by atoms with Crippen LogP contribution in [0.5, 0.6) is 0 Å². The molecule has 1 aliphatic heterocycles. The zero-order valence-electron chi connectivity index (χ0n) is 16.2. The van der Waals surface area contributed by atoms with Gasteiger partial charge >= 0.3 is 0 Å². The van der Waals surface area contributed by atoms with E-state index in [-0.39, 0.29) is 23.4 Å². The monoisotopic (exact) mass is 455 g/mol. The highest BCUT2D eigenvalue weighted by Gasteiger charge is 2.33. The Labute approximate surface area is 183 Å². The number of fused-ring (bicyclic) bond motifs is 2. The van der Waals surface area contributed by atoms with E-state index in [1.807, 2.05) is 24.3 Å². The van der Waals surface area contributed by atoms with Gasteiger partial charge in [0.1, 0.15) is 5.82 Å². The molecule has 0 radical (unpaired) electrons. The molecule has 0 spiro atoms. The lowest BCUT2D eigenvalue weighted by molar-refractivity contribution is 0.581. The zero-order chi connectivity index (χ0) is 21.6. The van der Waals surface area contributed by atoms with Gasteiger partial charge in [-0.15, -0.1) is 0 Å². The first kappa shape index (κ1) is 19.6. The number of benzene rings is 2. The molecule has 0 saturated heterocycles. The number of hydrogen-bond donors (Lipinski definition) is 3. The number of H-pyrrole nitrogens is 1. The van der Waals surface area contributed by atoms with Crippen LogP contribution < -0.4 is 15.4 Å². The maximum atomic E-state index is 13.5. The fraction of sp³-hybridized carbons (Fsp3) is 0.150. The van der Waals surface area contributed by atoms with Crippen LogP contribution in [-0.2, 0) is 16.4 Å². The average molecular weight is 456 g/mol. The SMILES string of the molecule is Nc1nc(NC2Cc3ccccc3N(S(=O)(=O)c3ccc(Cl)cc3)C2)c2cn[nH]c2n1. The molecule has 0 bridgehead atoms. The molecular weight excluding hydrogens is 438 g/mol. The molecule has 0 fully saturated rings. The van der Waals surface area contributed by atoms with Crippen molar-refractivity contribution >= 4 is 50.1 Å². The minimum atomic E-state index is -3.80. The summed E-state index contributed by atoms with van der Waals surface area (Å²) in [5.41, 5.74) is 7.90. The van der Waals surface area contributed by atoms with Crippen LogP contribution in [0.15, 0.2) is 59.6 Å². The number of aromatic amines is 1. The molecule has 4 N–H and O–H groups in total. The lowest BCUT2D eigenvalue weighted by Gasteiger charge is -2.35. The molecule has 11 heteroatoms. The molecule has 0 aliphatic carbocycles. The predicted octanol–water partition coefficient (Wildman–Crippen LogP) is 2.82. The predicted molar refractivity (Wildman–Crippen MR) is 120 cm³/mol. The van der Waals surface area contributed by atoms with Gasteiger partial charge in [-0.1, -0.05) is 29.8 Å². The van der Waals surface area contributed by atoms with Crippen LogP contribution in [0.2, 0.25) is 5.02 Å². The standard InChI is InChI=1S/C20H18ClN7O2S/c21-13-5-7-15(8-6-13)31(29,30)28-11-14(9-12-3-1-2-4-17(12)28)24-18-16-10-23-27-19(16)26-20(22)25-18/h1-8,10,14H,9,11H2,(H4,22,23,24,25,26,27). The summed E-state index contributed by atoms with van der Waals surface area (Å²) >= 11 is 5.94. The van der Waals surface area contributed by atoms with Crippen LogP contribution in [0.4, 0.5) is 17.5 Å². The highest BCUT2D eigenvalue weighted by Crippen LogP contribution is 2.33. The Hall–Kier alpha value is -3.37. The Morgan fingerprint density at radius 2 is 1.90 bits per heavy atom. The third kappa shape index (κ3) is 3.53. The van der Waals surface area contributed by atoms with Crippen LogP contribution in [0, 0.1) is 0 Å². The van der Waals surface area contributed by atoms with Gasteiger partial charge in [0.25, 0.3) is 10.0 Å². The summed E-state index contributed by atoms with van der Waals surface area (Å²) in [4.78, 5) is 8.59. The summed E-state index contributed by atoms with van der Waals surface area (Å²) in [5, 5.41) is 11.3. The van der Waals surface area contributed by atoms with E-state index >= 15 is 0 Å². The largest absolute Gasteiger partial charge is 0.368 e. The first-order valence-corrected chi connectivity index (χ1v) is 11.3. The van der Waals surface area contributed by atoms with Gasteiger partial charge in [-0.05, 0) is 42.3 Å². The number of halogens is 1. The first-order valence-electron chi connectivity index (χ1n) is 9.51. The van der Waals surface area contributed by atoms with Crippen LogP contribution in [0.1, 0.15) is 5.56 Å². The van der Waals surface area contributed by atoms with E-state index in [1.165, 1.54) is 16.4 Å². The summed E-state index contributed by atoms with van der Waals surface area (Å²) in [6.45, 7) is 0.214. The van der Waals surface area contributed by atoms with Crippen LogP contribution >= 0.6 is 11.6 Å². The molecule has 31 heavy (non-hydrogen) atoms. The van der Waals surface area contributed by atoms with Gasteiger partial charge < -0.3 is 11.1 Å². The van der Waals surface area contributed by atoms with E-state index in [4.69, 9.17) is 17.3 Å². The van der Waals surface area contributed by atoms with Gasteiger partial charge in [0, 0.05) is 5.02 Å². The molecule has 2 aromatic heterocycles. The van der Waals surface area contributed by atoms with E-state index in [9.17, 15) is 8.42 Å². The number of para-hydroxylation sites is 1. The van der Waals surface area contributed by atoms with Crippen molar-refractivity contribution < 1.29 is 8.42 Å². The van der Waals surface area contributed by atoms with E-state index in [0.29, 0.717) is 34.0 Å². The summed E-state index contributed by atoms with van der Waals surface area (Å²) in [5.74, 6) is 0.602. The van der Waals surface area contributed by atoms with E-state index in [2.05, 4.69) is 25.5 Å². The summed E-state index contributed by atoms with van der Waals surface area (Å²) in [7, 11) is -3.80. The highest BCUT2D eigenvalue weighted by atomic mass is 35.5. The highest BCUT2D eigenvalue weighted by molar-refractivity contribution is 7.92. The topological polar surface area (TPSA) is 130 Å². The number of sulfonamides is 1. The Morgan fingerprint density at radius 3 is 2.71 bits per heavy atom. The van der Waals surface area contributed by atoms with Gasteiger partial charge in [0.15, 0.2) is 5.65 Å². The maximum absolute atomic E-state index is 13.5. The van der Waals surface area contributed by atoms with E-state index in [1.54, 1.807) is 18.3 Å². The molecule has 1 aliphatic rings. The Morgan fingerprint density at radius 1 is 1.13 bits per heavy atom. The van der Waals surface area contributed by atoms with Crippen molar-refractivity contribution in [1.82, 2.24) is 20.2 Å². The Kier molecular flexibility index (Phi) is 4.67. The zero-order valence-corrected chi connectivity index (χ0v) is 17.7. The summed E-state index contributed by atoms with van der Waals surface area (Å²) < 4.78 is 28.4. The molecular formula is C20H18ClN7O2S. The number of nitrogens with zero attached hydrogens (tertiary/aromatic N) is 4. The molecule has 1 unspecified atom stereocenters. The van der Waals surface area contributed by atoms with Crippen molar-refractivity contribution in [3.05, 3.63) is 65.3 Å². The number of nitrogens with one attached hydrogen (secondary N) is 2. The first-order chi connectivity index (χ1) is 14.9. The lowest BCUT2D eigenvalue weighted by atomic mass is 9.99. The number of nitrogen functional groups attached to an aromatic ring is 1. The van der Waals surface area contributed by atoms with Crippen molar-refractivity contribution in [3.63, 3.8) is 0 Å². The minimum Gasteiger partial charge on any atom is -0.368 e. The van der Waals surface area contributed by atoms with Gasteiger partial charge in [-0.25, -0.2) is 8.42 Å². The number of rotatable bonds is 4. The molecule has 0 amide bonds. The van der Waals surface area contributed by atoms with Crippen molar-refractivity contribution in [1.29, 1.82) is 0 Å². The van der Waals surface area contributed by atoms with Gasteiger partial charge in [0.05, 0.1) is 34.8 Å². The quantitative estimate of drug-likeness (QED) is 0.431. The minimum absolute atomic E-state index is 0.0982. The van der Waals surface area contributed by atoms with Crippen LogP contribution in [0.3, 0.4) is 0 Å². The second-order valence-electron chi connectivity index (χ2n) is 7.23. The fourth-order valence-electron chi connectivity index (χ4n) is 3.77.